The second-order valence-electron chi connectivity index (χ2n) is 4.85. The summed E-state index contributed by atoms with van der Waals surface area (Å²) in [4.78, 5) is 15.5. The van der Waals surface area contributed by atoms with Gasteiger partial charge in [0.2, 0.25) is 0 Å². The van der Waals surface area contributed by atoms with Gasteiger partial charge in [0.25, 0.3) is 5.91 Å². The van der Waals surface area contributed by atoms with Crippen LogP contribution in [0.25, 0.3) is 21.9 Å². The maximum Gasteiger partial charge on any atom is 0.291 e. The largest absolute Gasteiger partial charge is 0.451 e. The Hall–Kier alpha value is -3.01. The lowest BCUT2D eigenvalue weighted by molar-refractivity contribution is 0.0999. The molecule has 0 aliphatic carbocycles. The molecule has 2 aromatic heterocycles. The van der Waals surface area contributed by atoms with Gasteiger partial charge in [-0.1, -0.05) is 30.3 Å². The first-order valence-corrected chi connectivity index (χ1v) is 6.67. The van der Waals surface area contributed by atoms with Crippen molar-refractivity contribution in [1.29, 1.82) is 0 Å². The summed E-state index contributed by atoms with van der Waals surface area (Å²) in [5, 5.41) is 4.85. The number of amides is 1. The lowest BCUT2D eigenvalue weighted by Crippen LogP contribution is -2.11. The number of H-pyrrole nitrogens is 1. The number of furan rings is 1. The van der Waals surface area contributed by atoms with Gasteiger partial charge in [-0.25, -0.2) is 0 Å². The molecule has 4 nitrogen and oxygen atoms in total. The Morgan fingerprint density at radius 3 is 2.76 bits per heavy atom. The first-order chi connectivity index (χ1) is 10.3. The lowest BCUT2D eigenvalue weighted by atomic mass is 10.2. The summed E-state index contributed by atoms with van der Waals surface area (Å²) >= 11 is 0. The predicted molar refractivity (Wildman–Crippen MR) is 82.5 cm³/mol. The van der Waals surface area contributed by atoms with Crippen molar-refractivity contribution >= 4 is 33.5 Å². The van der Waals surface area contributed by atoms with E-state index in [9.17, 15) is 4.79 Å². The fourth-order valence-electron chi connectivity index (χ4n) is 2.47. The number of carbonyl (C=O) groups is 1. The van der Waals surface area contributed by atoms with E-state index < -0.39 is 0 Å². The van der Waals surface area contributed by atoms with Crippen molar-refractivity contribution in [1.82, 2.24) is 4.98 Å². The van der Waals surface area contributed by atoms with E-state index >= 15 is 0 Å². The number of nitrogens with one attached hydrogen (secondary N) is 2. The van der Waals surface area contributed by atoms with Crippen molar-refractivity contribution in [3.63, 3.8) is 0 Å². The van der Waals surface area contributed by atoms with Crippen molar-refractivity contribution in [3.05, 3.63) is 66.6 Å². The molecular formula is C17H12N2O2. The molecule has 21 heavy (non-hydrogen) atoms. The second kappa shape index (κ2) is 4.52. The van der Waals surface area contributed by atoms with Gasteiger partial charge in [0.1, 0.15) is 5.58 Å². The van der Waals surface area contributed by atoms with Crippen molar-refractivity contribution in [2.24, 2.45) is 0 Å². The molecule has 102 valence electrons. The molecule has 0 saturated carbocycles. The zero-order valence-electron chi connectivity index (χ0n) is 11.1. The standard InChI is InChI=1S/C17H12N2O2/c20-17(15-10-12-4-1-2-7-14(12)21-15)19-13-6-3-5-11-8-9-18-16(11)13/h1-10,18H,(H,19,20). The fraction of sp³-hybridized carbons (Fsp3) is 0. The van der Waals surface area contributed by atoms with Gasteiger partial charge in [-0.2, -0.15) is 0 Å². The van der Waals surface area contributed by atoms with Crippen LogP contribution >= 0.6 is 0 Å². The zero-order valence-corrected chi connectivity index (χ0v) is 11.1. The van der Waals surface area contributed by atoms with Crippen LogP contribution in [0.2, 0.25) is 0 Å². The van der Waals surface area contributed by atoms with Crippen LogP contribution in [0, 0.1) is 0 Å². The maximum atomic E-state index is 12.3. The third kappa shape index (κ3) is 1.97. The SMILES string of the molecule is O=C(Nc1cccc2cc[nH]c12)c1cc2ccccc2o1. The molecule has 2 heterocycles. The number of para-hydroxylation sites is 2. The molecule has 0 aliphatic rings. The lowest BCUT2D eigenvalue weighted by Gasteiger charge is -2.04. The van der Waals surface area contributed by atoms with Crippen LogP contribution < -0.4 is 5.32 Å². The van der Waals surface area contributed by atoms with Crippen molar-refractivity contribution in [2.45, 2.75) is 0 Å². The predicted octanol–water partition coefficient (Wildman–Crippen LogP) is 4.17. The minimum Gasteiger partial charge on any atom is -0.451 e. The third-order valence-electron chi connectivity index (χ3n) is 3.48. The highest BCUT2D eigenvalue weighted by Crippen LogP contribution is 2.24. The average Bonchev–Trinajstić information content (AvgIpc) is 3.14. The summed E-state index contributed by atoms with van der Waals surface area (Å²) in [6.07, 6.45) is 1.85. The highest BCUT2D eigenvalue weighted by molar-refractivity contribution is 6.08. The zero-order chi connectivity index (χ0) is 14.2. The molecule has 0 unspecified atom stereocenters. The smallest absolute Gasteiger partial charge is 0.291 e. The summed E-state index contributed by atoms with van der Waals surface area (Å²) in [6.45, 7) is 0. The van der Waals surface area contributed by atoms with Gasteiger partial charge in [0.05, 0.1) is 11.2 Å². The number of benzene rings is 2. The van der Waals surface area contributed by atoms with Crippen LogP contribution in [0.5, 0.6) is 0 Å². The molecule has 0 saturated heterocycles. The minimum atomic E-state index is -0.256. The van der Waals surface area contributed by atoms with Gasteiger partial charge in [0, 0.05) is 17.0 Å². The van der Waals surface area contributed by atoms with Crippen LogP contribution in [-0.2, 0) is 0 Å². The highest BCUT2D eigenvalue weighted by Gasteiger charge is 2.13. The third-order valence-corrected chi connectivity index (χ3v) is 3.48. The van der Waals surface area contributed by atoms with E-state index in [1.807, 2.05) is 54.7 Å². The fourth-order valence-corrected chi connectivity index (χ4v) is 2.47. The first kappa shape index (κ1) is 11.8. The molecule has 0 bridgehead atoms. The quantitative estimate of drug-likeness (QED) is 0.577. The van der Waals surface area contributed by atoms with Crippen molar-refractivity contribution in [3.8, 4) is 0 Å². The summed E-state index contributed by atoms with van der Waals surface area (Å²) in [7, 11) is 0. The minimum absolute atomic E-state index is 0.256. The molecular weight excluding hydrogens is 264 g/mol. The Morgan fingerprint density at radius 1 is 1.00 bits per heavy atom. The van der Waals surface area contributed by atoms with Crippen molar-refractivity contribution in [2.75, 3.05) is 5.32 Å². The van der Waals surface area contributed by atoms with Gasteiger partial charge in [-0.3, -0.25) is 4.79 Å². The van der Waals surface area contributed by atoms with Crippen LogP contribution in [0.3, 0.4) is 0 Å². The van der Waals surface area contributed by atoms with Crippen LogP contribution in [-0.4, -0.2) is 10.9 Å². The molecule has 0 fully saturated rings. The molecule has 0 aliphatic heterocycles. The van der Waals surface area contributed by atoms with Gasteiger partial charge < -0.3 is 14.7 Å². The number of hydrogen-bond acceptors (Lipinski definition) is 2. The molecule has 0 radical (unpaired) electrons. The number of hydrogen-bond donors (Lipinski definition) is 2. The molecule has 4 heteroatoms. The van der Waals surface area contributed by atoms with Gasteiger partial charge in [-0.05, 0) is 24.3 Å². The molecule has 2 aromatic carbocycles. The maximum absolute atomic E-state index is 12.3. The normalized spacial score (nSPS) is 11.0. The van der Waals surface area contributed by atoms with E-state index in [-0.39, 0.29) is 5.91 Å². The summed E-state index contributed by atoms with van der Waals surface area (Å²) in [5.41, 5.74) is 2.35. The molecule has 2 N–H and O–H groups in total. The van der Waals surface area contributed by atoms with E-state index in [0.717, 1.165) is 22.0 Å². The topological polar surface area (TPSA) is 58.0 Å². The monoisotopic (exact) mass is 276 g/mol. The van der Waals surface area contributed by atoms with E-state index in [1.54, 1.807) is 6.07 Å². The van der Waals surface area contributed by atoms with Crippen molar-refractivity contribution < 1.29 is 9.21 Å². The number of aromatic amines is 1. The summed E-state index contributed by atoms with van der Waals surface area (Å²) < 4.78 is 5.57. The molecule has 0 spiro atoms. The summed E-state index contributed by atoms with van der Waals surface area (Å²) in [5.74, 6) is 0.0491. The van der Waals surface area contributed by atoms with Gasteiger partial charge in [0.15, 0.2) is 5.76 Å². The Labute approximate surface area is 120 Å². The van der Waals surface area contributed by atoms with Gasteiger partial charge in [-0.15, -0.1) is 0 Å². The van der Waals surface area contributed by atoms with E-state index in [1.165, 1.54) is 0 Å². The second-order valence-corrected chi connectivity index (χ2v) is 4.85. The molecule has 0 atom stereocenters. The molecule has 1 amide bonds. The van der Waals surface area contributed by atoms with Crippen LogP contribution in [0.4, 0.5) is 5.69 Å². The Bertz CT molecular complexity index is 916. The number of anilines is 1. The number of aromatic nitrogens is 1. The van der Waals surface area contributed by atoms with Crippen LogP contribution in [0.15, 0.2) is 65.2 Å². The molecule has 4 rings (SSSR count). The van der Waals surface area contributed by atoms with Gasteiger partial charge >= 0.3 is 0 Å². The summed E-state index contributed by atoms with van der Waals surface area (Å²) in [6, 6.07) is 17.0. The van der Waals surface area contributed by atoms with E-state index in [0.29, 0.717) is 11.3 Å². The molecule has 4 aromatic rings. The van der Waals surface area contributed by atoms with Crippen LogP contribution in [0.1, 0.15) is 10.6 Å². The van der Waals surface area contributed by atoms with E-state index in [2.05, 4.69) is 10.3 Å². The number of fused-ring (bicyclic) bond motifs is 2. The first-order valence-electron chi connectivity index (χ1n) is 6.67. The Morgan fingerprint density at radius 2 is 1.86 bits per heavy atom. The average molecular weight is 276 g/mol. The Kier molecular flexibility index (Phi) is 2.54. The number of carbonyl (C=O) groups excluding carboxylic acids is 1. The van der Waals surface area contributed by atoms with E-state index in [4.69, 9.17) is 4.42 Å². The number of rotatable bonds is 2. The Balaban J connectivity index is 1.70. The highest BCUT2D eigenvalue weighted by atomic mass is 16.3.